The second-order valence-corrected chi connectivity index (χ2v) is 4.00. The Kier molecular flexibility index (Phi) is 3.66. The molecule has 0 radical (unpaired) electrons. The van der Waals surface area contributed by atoms with Gasteiger partial charge in [-0.25, -0.2) is 0 Å². The van der Waals surface area contributed by atoms with Crippen LogP contribution in [0.25, 0.3) is 0 Å². The first kappa shape index (κ1) is 12.9. The minimum absolute atomic E-state index is 0.155. The molecule has 0 bridgehead atoms. The number of hydrogen-bond acceptors (Lipinski definition) is 4. The summed E-state index contributed by atoms with van der Waals surface area (Å²) in [7, 11) is 1.43. The average Bonchev–Trinajstić information content (AvgIpc) is 2.41. The number of carbonyl (C=O) groups is 1. The maximum Gasteiger partial charge on any atom is 0.259 e. The number of aryl methyl sites for hydroxylation is 1. The number of nitrogens with zero attached hydrogens (tertiary/aromatic N) is 1. The van der Waals surface area contributed by atoms with Crippen molar-refractivity contribution in [3.05, 3.63) is 47.8 Å². The van der Waals surface area contributed by atoms with Crippen molar-refractivity contribution >= 4 is 11.6 Å². The molecule has 0 fully saturated rings. The van der Waals surface area contributed by atoms with E-state index in [1.165, 1.54) is 13.2 Å². The molecule has 1 amide bonds. The van der Waals surface area contributed by atoms with Gasteiger partial charge in [0.05, 0.1) is 24.6 Å². The number of methoxy groups -OCH3 is 1. The van der Waals surface area contributed by atoms with Crippen molar-refractivity contribution in [1.82, 2.24) is 4.98 Å². The van der Waals surface area contributed by atoms with Gasteiger partial charge in [0.1, 0.15) is 0 Å². The molecule has 98 valence electrons. The van der Waals surface area contributed by atoms with Gasteiger partial charge in [-0.2, -0.15) is 0 Å². The molecule has 2 rings (SSSR count). The Bertz CT molecular complexity index is 611. The summed E-state index contributed by atoms with van der Waals surface area (Å²) >= 11 is 0. The van der Waals surface area contributed by atoms with Crippen LogP contribution >= 0.6 is 0 Å². The molecule has 1 heterocycles. The molecule has 5 nitrogen and oxygen atoms in total. The molecule has 1 aromatic heterocycles. The van der Waals surface area contributed by atoms with Crippen LogP contribution in [0.4, 0.5) is 5.69 Å². The quantitative estimate of drug-likeness (QED) is 0.886. The highest BCUT2D eigenvalue weighted by Crippen LogP contribution is 2.29. The lowest BCUT2D eigenvalue weighted by Crippen LogP contribution is -2.13. The van der Waals surface area contributed by atoms with Gasteiger partial charge in [-0.15, -0.1) is 0 Å². The van der Waals surface area contributed by atoms with Gasteiger partial charge in [0.15, 0.2) is 11.5 Å². The number of phenols is 1. The van der Waals surface area contributed by atoms with Gasteiger partial charge < -0.3 is 15.2 Å². The van der Waals surface area contributed by atoms with E-state index in [1.807, 2.05) is 6.92 Å². The highest BCUT2D eigenvalue weighted by molar-refractivity contribution is 6.06. The van der Waals surface area contributed by atoms with Crippen LogP contribution in [0.5, 0.6) is 11.5 Å². The van der Waals surface area contributed by atoms with Crippen molar-refractivity contribution in [2.24, 2.45) is 0 Å². The zero-order valence-electron chi connectivity index (χ0n) is 10.7. The smallest absolute Gasteiger partial charge is 0.259 e. The molecule has 0 aliphatic carbocycles. The summed E-state index contributed by atoms with van der Waals surface area (Å²) in [5.41, 5.74) is 1.66. The molecule has 0 saturated carbocycles. The Morgan fingerprint density at radius 1 is 1.37 bits per heavy atom. The van der Waals surface area contributed by atoms with Crippen LogP contribution in [0.1, 0.15) is 15.9 Å². The molecule has 0 aliphatic heterocycles. The fourth-order valence-electron chi connectivity index (χ4n) is 1.65. The number of para-hydroxylation sites is 1. The Hall–Kier alpha value is -2.56. The summed E-state index contributed by atoms with van der Waals surface area (Å²) in [6.07, 6.45) is 3.21. The third-order valence-electron chi connectivity index (χ3n) is 2.75. The lowest BCUT2D eigenvalue weighted by molar-refractivity contribution is 0.102. The van der Waals surface area contributed by atoms with Crippen LogP contribution in [0.2, 0.25) is 0 Å². The second kappa shape index (κ2) is 5.39. The van der Waals surface area contributed by atoms with E-state index in [-0.39, 0.29) is 17.1 Å². The van der Waals surface area contributed by atoms with E-state index < -0.39 is 5.91 Å². The summed E-state index contributed by atoms with van der Waals surface area (Å²) in [4.78, 5) is 16.0. The summed E-state index contributed by atoms with van der Waals surface area (Å²) in [6, 6.07) is 6.55. The zero-order chi connectivity index (χ0) is 13.8. The minimum Gasteiger partial charge on any atom is -0.504 e. The van der Waals surface area contributed by atoms with Crippen molar-refractivity contribution in [3.63, 3.8) is 0 Å². The number of rotatable bonds is 3. The maximum absolute atomic E-state index is 12.1. The lowest BCUT2D eigenvalue weighted by Gasteiger charge is -2.10. The number of ether oxygens (including phenoxy) is 1. The van der Waals surface area contributed by atoms with Crippen molar-refractivity contribution in [2.45, 2.75) is 6.92 Å². The number of benzene rings is 1. The lowest BCUT2D eigenvalue weighted by atomic mass is 10.1. The highest BCUT2D eigenvalue weighted by atomic mass is 16.5. The number of aromatic hydroxyl groups is 1. The van der Waals surface area contributed by atoms with E-state index >= 15 is 0 Å². The third kappa shape index (κ3) is 2.65. The van der Waals surface area contributed by atoms with E-state index in [0.29, 0.717) is 5.69 Å². The number of carbonyl (C=O) groups excluding carboxylic acids is 1. The molecule has 5 heteroatoms. The topological polar surface area (TPSA) is 71.5 Å². The molecule has 0 atom stereocenters. The molecule has 0 saturated heterocycles. The van der Waals surface area contributed by atoms with Crippen LogP contribution < -0.4 is 10.1 Å². The molecule has 1 aromatic carbocycles. The van der Waals surface area contributed by atoms with Crippen molar-refractivity contribution < 1.29 is 14.6 Å². The minimum atomic E-state index is -0.410. The number of aromatic nitrogens is 1. The van der Waals surface area contributed by atoms with Gasteiger partial charge in [-0.3, -0.25) is 9.78 Å². The summed E-state index contributed by atoms with van der Waals surface area (Å²) in [6.45, 7) is 1.86. The van der Waals surface area contributed by atoms with E-state index in [0.717, 1.165) is 5.56 Å². The van der Waals surface area contributed by atoms with Crippen LogP contribution in [0, 0.1) is 6.92 Å². The molecule has 0 aliphatic rings. The monoisotopic (exact) mass is 258 g/mol. The molecule has 0 unspecified atom stereocenters. The SMILES string of the molecule is COc1cccc(C(=O)Nc2cnccc2C)c1O. The molecule has 2 N–H and O–H groups in total. The number of amides is 1. The predicted molar refractivity (Wildman–Crippen MR) is 71.6 cm³/mol. The first-order valence-corrected chi connectivity index (χ1v) is 5.71. The third-order valence-corrected chi connectivity index (χ3v) is 2.75. The van der Waals surface area contributed by atoms with E-state index in [9.17, 15) is 9.90 Å². The summed E-state index contributed by atoms with van der Waals surface area (Å²) in [5, 5.41) is 12.6. The molecule has 19 heavy (non-hydrogen) atoms. The fourth-order valence-corrected chi connectivity index (χ4v) is 1.65. The Morgan fingerprint density at radius 2 is 2.16 bits per heavy atom. The number of hydrogen-bond donors (Lipinski definition) is 2. The second-order valence-electron chi connectivity index (χ2n) is 4.00. The van der Waals surface area contributed by atoms with E-state index in [4.69, 9.17) is 4.74 Å². The molecular formula is C14H14N2O3. The molecule has 2 aromatic rings. The van der Waals surface area contributed by atoms with Crippen molar-refractivity contribution in [3.8, 4) is 11.5 Å². The van der Waals surface area contributed by atoms with Crippen LogP contribution in [-0.2, 0) is 0 Å². The van der Waals surface area contributed by atoms with E-state index in [1.54, 1.807) is 30.6 Å². The van der Waals surface area contributed by atoms with Crippen LogP contribution in [-0.4, -0.2) is 23.1 Å². The largest absolute Gasteiger partial charge is 0.504 e. The Labute approximate surface area is 110 Å². The standard InChI is InChI=1S/C14H14N2O3/c1-9-6-7-15-8-11(9)16-14(18)10-4-3-5-12(19-2)13(10)17/h3-8,17H,1-2H3,(H,16,18). The molecular weight excluding hydrogens is 244 g/mol. The average molecular weight is 258 g/mol. The Balaban J connectivity index is 2.28. The van der Waals surface area contributed by atoms with Gasteiger partial charge in [-0.1, -0.05) is 6.07 Å². The molecule has 0 spiro atoms. The van der Waals surface area contributed by atoms with Gasteiger partial charge >= 0.3 is 0 Å². The zero-order valence-corrected chi connectivity index (χ0v) is 10.7. The van der Waals surface area contributed by atoms with E-state index in [2.05, 4.69) is 10.3 Å². The van der Waals surface area contributed by atoms with Crippen molar-refractivity contribution in [1.29, 1.82) is 0 Å². The summed E-state index contributed by atoms with van der Waals surface area (Å²) < 4.78 is 4.97. The number of pyridine rings is 1. The van der Waals surface area contributed by atoms with Gasteiger partial charge in [-0.05, 0) is 30.7 Å². The first-order valence-electron chi connectivity index (χ1n) is 5.71. The highest BCUT2D eigenvalue weighted by Gasteiger charge is 2.15. The summed E-state index contributed by atoms with van der Waals surface area (Å²) in [5.74, 6) is -0.327. The normalized spacial score (nSPS) is 10.0. The maximum atomic E-state index is 12.1. The van der Waals surface area contributed by atoms with Gasteiger partial charge in [0.25, 0.3) is 5.91 Å². The predicted octanol–water partition coefficient (Wildman–Crippen LogP) is 2.36. The first-order chi connectivity index (χ1) is 9.13. The number of anilines is 1. The Morgan fingerprint density at radius 3 is 2.84 bits per heavy atom. The van der Waals surface area contributed by atoms with Crippen molar-refractivity contribution in [2.75, 3.05) is 12.4 Å². The fraction of sp³-hybridized carbons (Fsp3) is 0.143. The van der Waals surface area contributed by atoms with Gasteiger partial charge in [0.2, 0.25) is 0 Å². The number of phenolic OH excluding ortho intramolecular Hbond substituents is 1. The number of nitrogens with one attached hydrogen (secondary N) is 1. The van der Waals surface area contributed by atoms with Crippen LogP contribution in [0.15, 0.2) is 36.7 Å². The van der Waals surface area contributed by atoms with Crippen LogP contribution in [0.3, 0.4) is 0 Å². The van der Waals surface area contributed by atoms with Gasteiger partial charge in [0, 0.05) is 6.20 Å².